The third-order valence-corrected chi connectivity index (χ3v) is 3.31. The Labute approximate surface area is 142 Å². The number of benzene rings is 1. The quantitative estimate of drug-likeness (QED) is 0.512. The number of carbonyl (C=O) groups excluding carboxylic acids is 2. The van der Waals surface area contributed by atoms with Crippen LogP contribution in [0.4, 0.5) is 4.39 Å². The predicted octanol–water partition coefficient (Wildman–Crippen LogP) is 2.18. The molecule has 0 aliphatic heterocycles. The van der Waals surface area contributed by atoms with Crippen LogP contribution in [0.25, 0.3) is 6.08 Å². The summed E-state index contributed by atoms with van der Waals surface area (Å²) in [6.07, 6.45) is 3.24. The van der Waals surface area contributed by atoms with E-state index in [-0.39, 0.29) is 24.1 Å². The first-order chi connectivity index (χ1) is 11.4. The minimum atomic E-state index is -0.319. The molecule has 1 amide bonds. The lowest BCUT2D eigenvalue weighted by Gasteiger charge is -2.22. The SMILES string of the molecule is CCOC(=O)CCN(CCN(C)C)C(=O)/C=C/c1ccc(F)cc1. The number of rotatable bonds is 9. The minimum Gasteiger partial charge on any atom is -0.466 e. The molecule has 0 spiro atoms. The van der Waals surface area contributed by atoms with Gasteiger partial charge in [0.25, 0.3) is 0 Å². The Balaban J connectivity index is 2.67. The van der Waals surface area contributed by atoms with Gasteiger partial charge in [-0.25, -0.2) is 4.39 Å². The van der Waals surface area contributed by atoms with Crippen molar-refractivity contribution in [2.24, 2.45) is 0 Å². The predicted molar refractivity (Wildman–Crippen MR) is 91.8 cm³/mol. The molecule has 132 valence electrons. The maximum atomic E-state index is 12.9. The van der Waals surface area contributed by atoms with Gasteiger partial charge in [-0.2, -0.15) is 0 Å². The van der Waals surface area contributed by atoms with Crippen molar-refractivity contribution in [2.75, 3.05) is 40.3 Å². The number of halogens is 1. The van der Waals surface area contributed by atoms with Gasteiger partial charge >= 0.3 is 5.97 Å². The smallest absolute Gasteiger partial charge is 0.307 e. The number of ether oxygens (including phenoxy) is 1. The highest BCUT2D eigenvalue weighted by Crippen LogP contribution is 2.06. The molecule has 6 heteroatoms. The van der Waals surface area contributed by atoms with Crippen LogP contribution >= 0.6 is 0 Å². The molecular formula is C18H25FN2O3. The summed E-state index contributed by atoms with van der Waals surface area (Å²) in [5.41, 5.74) is 0.739. The Hall–Kier alpha value is -2.21. The summed E-state index contributed by atoms with van der Waals surface area (Å²) in [6, 6.07) is 5.88. The third kappa shape index (κ3) is 7.87. The summed E-state index contributed by atoms with van der Waals surface area (Å²) in [5, 5.41) is 0. The van der Waals surface area contributed by atoms with E-state index in [1.54, 1.807) is 30.0 Å². The molecular weight excluding hydrogens is 311 g/mol. The van der Waals surface area contributed by atoms with E-state index < -0.39 is 0 Å². The van der Waals surface area contributed by atoms with Gasteiger partial charge in [0.2, 0.25) is 5.91 Å². The van der Waals surface area contributed by atoms with E-state index in [1.807, 2.05) is 19.0 Å². The molecule has 0 fully saturated rings. The molecule has 0 atom stereocenters. The fraction of sp³-hybridized carbons (Fsp3) is 0.444. The zero-order valence-corrected chi connectivity index (χ0v) is 14.5. The van der Waals surface area contributed by atoms with Gasteiger partial charge in [0, 0.05) is 25.7 Å². The van der Waals surface area contributed by atoms with Gasteiger partial charge < -0.3 is 14.5 Å². The summed E-state index contributed by atoms with van der Waals surface area (Å²) in [6.45, 7) is 3.59. The lowest BCUT2D eigenvalue weighted by Crippen LogP contribution is -2.37. The monoisotopic (exact) mass is 336 g/mol. The molecule has 0 saturated carbocycles. The zero-order valence-electron chi connectivity index (χ0n) is 14.5. The summed E-state index contributed by atoms with van der Waals surface area (Å²) in [5.74, 6) is -0.825. The zero-order chi connectivity index (χ0) is 17.9. The second-order valence-corrected chi connectivity index (χ2v) is 5.57. The largest absolute Gasteiger partial charge is 0.466 e. The molecule has 5 nitrogen and oxygen atoms in total. The van der Waals surface area contributed by atoms with Crippen LogP contribution in [0.1, 0.15) is 18.9 Å². The summed E-state index contributed by atoms with van der Waals surface area (Å²) in [7, 11) is 3.84. The van der Waals surface area contributed by atoms with Crippen LogP contribution < -0.4 is 0 Å². The van der Waals surface area contributed by atoms with Crippen molar-refractivity contribution < 1.29 is 18.7 Å². The van der Waals surface area contributed by atoms with Crippen molar-refractivity contribution >= 4 is 18.0 Å². The first-order valence-electron chi connectivity index (χ1n) is 7.95. The van der Waals surface area contributed by atoms with Gasteiger partial charge in [-0.1, -0.05) is 12.1 Å². The van der Waals surface area contributed by atoms with Crippen molar-refractivity contribution in [2.45, 2.75) is 13.3 Å². The molecule has 24 heavy (non-hydrogen) atoms. The molecule has 0 radical (unpaired) electrons. The van der Waals surface area contributed by atoms with Crippen molar-refractivity contribution in [3.63, 3.8) is 0 Å². The fourth-order valence-corrected chi connectivity index (χ4v) is 1.96. The normalized spacial score (nSPS) is 11.0. The van der Waals surface area contributed by atoms with Crippen molar-refractivity contribution in [1.82, 2.24) is 9.80 Å². The fourth-order valence-electron chi connectivity index (χ4n) is 1.96. The van der Waals surface area contributed by atoms with Gasteiger partial charge in [0.15, 0.2) is 0 Å². The van der Waals surface area contributed by atoms with E-state index in [1.165, 1.54) is 18.2 Å². The Morgan fingerprint density at radius 3 is 2.38 bits per heavy atom. The van der Waals surface area contributed by atoms with Crippen LogP contribution in [0.15, 0.2) is 30.3 Å². The summed E-state index contributed by atoms with van der Waals surface area (Å²) >= 11 is 0. The molecule has 0 aliphatic rings. The molecule has 0 heterocycles. The second kappa shape index (κ2) is 10.5. The third-order valence-electron chi connectivity index (χ3n) is 3.31. The molecule has 0 N–H and O–H groups in total. The minimum absolute atomic E-state index is 0.164. The molecule has 0 saturated heterocycles. The van der Waals surface area contributed by atoms with E-state index in [0.29, 0.717) is 26.2 Å². The van der Waals surface area contributed by atoms with Crippen LogP contribution in [-0.4, -0.2) is 62.0 Å². The van der Waals surface area contributed by atoms with Crippen molar-refractivity contribution in [3.05, 3.63) is 41.7 Å². The number of likely N-dealkylation sites (N-methyl/N-ethyl adjacent to an activating group) is 1. The highest BCUT2D eigenvalue weighted by molar-refractivity contribution is 5.92. The van der Waals surface area contributed by atoms with Crippen molar-refractivity contribution in [3.8, 4) is 0 Å². The van der Waals surface area contributed by atoms with Gasteiger partial charge in [-0.3, -0.25) is 9.59 Å². The lowest BCUT2D eigenvalue weighted by atomic mass is 10.2. The highest BCUT2D eigenvalue weighted by atomic mass is 19.1. The molecule has 1 rings (SSSR count). The topological polar surface area (TPSA) is 49.9 Å². The molecule has 0 aliphatic carbocycles. The number of esters is 1. The Morgan fingerprint density at radius 1 is 1.12 bits per heavy atom. The maximum Gasteiger partial charge on any atom is 0.307 e. The highest BCUT2D eigenvalue weighted by Gasteiger charge is 2.13. The second-order valence-electron chi connectivity index (χ2n) is 5.57. The number of carbonyl (C=O) groups is 2. The molecule has 0 aromatic heterocycles. The van der Waals surface area contributed by atoms with Gasteiger partial charge in [-0.05, 0) is 44.8 Å². The van der Waals surface area contributed by atoms with Crippen LogP contribution in [0.5, 0.6) is 0 Å². The number of hydrogen-bond donors (Lipinski definition) is 0. The Bertz CT molecular complexity index is 556. The summed E-state index contributed by atoms with van der Waals surface area (Å²) < 4.78 is 17.8. The number of amides is 1. The molecule has 0 unspecified atom stereocenters. The van der Waals surface area contributed by atoms with Gasteiger partial charge in [0.1, 0.15) is 5.82 Å². The standard InChI is InChI=1S/C18H25FN2O3/c1-4-24-18(23)11-12-21(14-13-20(2)3)17(22)10-7-15-5-8-16(19)9-6-15/h5-10H,4,11-14H2,1-3H3/b10-7+. The van der Waals surface area contributed by atoms with E-state index in [0.717, 1.165) is 5.56 Å². The first-order valence-corrected chi connectivity index (χ1v) is 7.95. The summed E-state index contributed by atoms with van der Waals surface area (Å²) in [4.78, 5) is 27.4. The van der Waals surface area contributed by atoms with Gasteiger partial charge in [-0.15, -0.1) is 0 Å². The molecule has 1 aromatic carbocycles. The number of nitrogens with zero attached hydrogens (tertiary/aromatic N) is 2. The maximum absolute atomic E-state index is 12.9. The molecule has 1 aromatic rings. The average molecular weight is 336 g/mol. The van der Waals surface area contributed by atoms with Gasteiger partial charge in [0.05, 0.1) is 13.0 Å². The van der Waals surface area contributed by atoms with E-state index in [4.69, 9.17) is 4.74 Å². The van der Waals surface area contributed by atoms with Crippen LogP contribution in [0, 0.1) is 5.82 Å². The van der Waals surface area contributed by atoms with Crippen LogP contribution in [0.2, 0.25) is 0 Å². The lowest BCUT2D eigenvalue weighted by molar-refractivity contribution is -0.143. The Morgan fingerprint density at radius 2 is 1.79 bits per heavy atom. The van der Waals surface area contributed by atoms with Crippen LogP contribution in [0.3, 0.4) is 0 Å². The first kappa shape index (κ1) is 19.8. The Kier molecular flexibility index (Phi) is 8.71. The van der Waals surface area contributed by atoms with E-state index >= 15 is 0 Å². The number of hydrogen-bond acceptors (Lipinski definition) is 4. The molecule has 0 bridgehead atoms. The van der Waals surface area contributed by atoms with Crippen molar-refractivity contribution in [1.29, 1.82) is 0 Å². The van der Waals surface area contributed by atoms with Crippen LogP contribution in [-0.2, 0) is 14.3 Å². The average Bonchev–Trinajstić information content (AvgIpc) is 2.54. The van der Waals surface area contributed by atoms with E-state index in [9.17, 15) is 14.0 Å². The van der Waals surface area contributed by atoms with E-state index in [2.05, 4.69) is 0 Å².